The van der Waals surface area contributed by atoms with Crippen molar-refractivity contribution >= 4 is 39.1 Å². The molecular formula is C23H25N3O2S. The summed E-state index contributed by atoms with van der Waals surface area (Å²) in [6.07, 6.45) is 4.34. The van der Waals surface area contributed by atoms with E-state index in [-0.39, 0.29) is 17.9 Å². The SMILES string of the molecule is Cc1ccc(N2C(=O)c3cc4ccsc4n3CC2(C)C(=O)NC2CCCC2)cc1. The number of nitrogens with zero attached hydrogens (tertiary/aromatic N) is 2. The molecule has 0 saturated heterocycles. The molecule has 1 N–H and O–H groups in total. The van der Waals surface area contributed by atoms with E-state index in [9.17, 15) is 9.59 Å². The Labute approximate surface area is 174 Å². The minimum absolute atomic E-state index is 0.0672. The highest BCUT2D eigenvalue weighted by Gasteiger charge is 2.49. The highest BCUT2D eigenvalue weighted by molar-refractivity contribution is 7.16. The number of carbonyl (C=O) groups is 2. The van der Waals surface area contributed by atoms with Crippen LogP contribution in [-0.2, 0) is 11.3 Å². The van der Waals surface area contributed by atoms with Gasteiger partial charge in [-0.1, -0.05) is 30.5 Å². The van der Waals surface area contributed by atoms with E-state index in [1.165, 1.54) is 0 Å². The molecule has 0 radical (unpaired) electrons. The lowest BCUT2D eigenvalue weighted by Crippen LogP contribution is -2.65. The second-order valence-electron chi connectivity index (χ2n) is 8.50. The number of hydrogen-bond acceptors (Lipinski definition) is 3. The predicted molar refractivity (Wildman–Crippen MR) is 117 cm³/mol. The summed E-state index contributed by atoms with van der Waals surface area (Å²) in [6, 6.07) is 12.1. The molecule has 3 heterocycles. The first-order valence-electron chi connectivity index (χ1n) is 10.3. The van der Waals surface area contributed by atoms with Gasteiger partial charge in [0.05, 0.1) is 6.54 Å². The Morgan fingerprint density at radius 3 is 2.62 bits per heavy atom. The highest BCUT2D eigenvalue weighted by atomic mass is 32.1. The fourth-order valence-corrected chi connectivity index (χ4v) is 5.60. The summed E-state index contributed by atoms with van der Waals surface area (Å²) in [4.78, 5) is 30.0. The van der Waals surface area contributed by atoms with Gasteiger partial charge in [0.2, 0.25) is 5.91 Å². The first-order valence-corrected chi connectivity index (χ1v) is 11.1. The van der Waals surface area contributed by atoms with E-state index in [4.69, 9.17) is 0 Å². The third-order valence-electron chi connectivity index (χ3n) is 6.36. The number of aryl methyl sites for hydroxylation is 1. The smallest absolute Gasteiger partial charge is 0.275 e. The summed E-state index contributed by atoms with van der Waals surface area (Å²) < 4.78 is 2.03. The molecule has 0 bridgehead atoms. The van der Waals surface area contributed by atoms with E-state index in [2.05, 4.69) is 5.32 Å². The average Bonchev–Trinajstić information content (AvgIpc) is 3.42. The summed E-state index contributed by atoms with van der Waals surface area (Å²) in [7, 11) is 0. The molecule has 1 fully saturated rings. The Balaban J connectivity index is 1.62. The fourth-order valence-electron chi connectivity index (χ4n) is 4.71. The molecule has 5 nitrogen and oxygen atoms in total. The Morgan fingerprint density at radius 1 is 1.17 bits per heavy atom. The number of carbonyl (C=O) groups excluding carboxylic acids is 2. The normalized spacial score (nSPS) is 22.3. The molecule has 1 saturated carbocycles. The molecule has 1 atom stereocenters. The van der Waals surface area contributed by atoms with Crippen LogP contribution in [0.5, 0.6) is 0 Å². The number of amides is 2. The van der Waals surface area contributed by atoms with Crippen molar-refractivity contribution in [1.29, 1.82) is 0 Å². The van der Waals surface area contributed by atoms with Crippen LogP contribution in [0.3, 0.4) is 0 Å². The van der Waals surface area contributed by atoms with Gasteiger partial charge in [-0.15, -0.1) is 11.3 Å². The van der Waals surface area contributed by atoms with E-state index in [1.54, 1.807) is 16.2 Å². The minimum Gasteiger partial charge on any atom is -0.351 e. The van der Waals surface area contributed by atoms with E-state index in [0.29, 0.717) is 12.2 Å². The quantitative estimate of drug-likeness (QED) is 0.696. The molecule has 150 valence electrons. The molecule has 0 spiro atoms. The van der Waals surface area contributed by atoms with Crippen LogP contribution in [-0.4, -0.2) is 28.0 Å². The maximum atomic E-state index is 13.7. The van der Waals surface area contributed by atoms with E-state index in [0.717, 1.165) is 47.2 Å². The van der Waals surface area contributed by atoms with Crippen molar-refractivity contribution in [1.82, 2.24) is 9.88 Å². The number of fused-ring (bicyclic) bond motifs is 3. The highest BCUT2D eigenvalue weighted by Crippen LogP contribution is 2.37. The zero-order valence-electron chi connectivity index (χ0n) is 16.8. The Bertz CT molecular complexity index is 1090. The van der Waals surface area contributed by atoms with Crippen molar-refractivity contribution in [3.63, 3.8) is 0 Å². The number of hydrogen-bond donors (Lipinski definition) is 1. The van der Waals surface area contributed by atoms with Gasteiger partial charge in [0, 0.05) is 17.1 Å². The fraction of sp³-hybridized carbons (Fsp3) is 0.391. The number of aromatic nitrogens is 1. The Morgan fingerprint density at radius 2 is 1.90 bits per heavy atom. The summed E-state index contributed by atoms with van der Waals surface area (Å²) in [5.74, 6) is -0.185. The van der Waals surface area contributed by atoms with Gasteiger partial charge in [0.15, 0.2) is 0 Å². The first kappa shape index (κ1) is 18.4. The van der Waals surface area contributed by atoms with Crippen molar-refractivity contribution < 1.29 is 9.59 Å². The van der Waals surface area contributed by atoms with Crippen LogP contribution < -0.4 is 10.2 Å². The van der Waals surface area contributed by atoms with Crippen LogP contribution in [0.4, 0.5) is 5.69 Å². The van der Waals surface area contributed by atoms with Gasteiger partial charge in [-0.3, -0.25) is 14.5 Å². The van der Waals surface area contributed by atoms with Crippen LogP contribution in [0.2, 0.25) is 0 Å². The van der Waals surface area contributed by atoms with Gasteiger partial charge in [-0.25, -0.2) is 0 Å². The van der Waals surface area contributed by atoms with E-state index >= 15 is 0 Å². The third kappa shape index (κ3) is 2.89. The number of benzene rings is 1. The van der Waals surface area contributed by atoms with Gasteiger partial charge in [0.25, 0.3) is 5.91 Å². The van der Waals surface area contributed by atoms with Crippen molar-refractivity contribution in [2.24, 2.45) is 0 Å². The van der Waals surface area contributed by atoms with Gasteiger partial charge in [0.1, 0.15) is 16.1 Å². The molecular weight excluding hydrogens is 382 g/mol. The maximum absolute atomic E-state index is 13.7. The molecule has 2 aliphatic rings. The van der Waals surface area contributed by atoms with Crippen LogP contribution in [0.15, 0.2) is 41.8 Å². The standard InChI is InChI=1S/C23H25N3O2S/c1-15-7-9-18(10-8-15)26-20(27)19-13-16-11-12-29-21(16)25(19)14-23(26,2)22(28)24-17-5-3-4-6-17/h7-13,17H,3-6,14H2,1-2H3,(H,24,28). The first-order chi connectivity index (χ1) is 14.0. The van der Waals surface area contributed by atoms with Crippen LogP contribution in [0, 0.1) is 6.92 Å². The van der Waals surface area contributed by atoms with E-state index in [1.807, 2.05) is 60.2 Å². The van der Waals surface area contributed by atoms with Crippen molar-refractivity contribution in [3.05, 3.63) is 53.0 Å². The summed E-state index contributed by atoms with van der Waals surface area (Å²) in [5.41, 5.74) is 1.55. The Kier molecular flexibility index (Phi) is 4.28. The van der Waals surface area contributed by atoms with Gasteiger partial charge in [-0.05, 0) is 56.3 Å². The largest absolute Gasteiger partial charge is 0.351 e. The molecule has 1 unspecified atom stereocenters. The molecule has 29 heavy (non-hydrogen) atoms. The molecule has 3 aromatic rings. The molecule has 2 aromatic heterocycles. The lowest BCUT2D eigenvalue weighted by Gasteiger charge is -2.44. The molecule has 2 amide bonds. The summed E-state index contributed by atoms with van der Waals surface area (Å²) in [6.45, 7) is 4.37. The zero-order valence-corrected chi connectivity index (χ0v) is 17.6. The van der Waals surface area contributed by atoms with Gasteiger partial charge in [-0.2, -0.15) is 0 Å². The van der Waals surface area contributed by atoms with Crippen LogP contribution in [0.25, 0.3) is 10.2 Å². The topological polar surface area (TPSA) is 54.3 Å². The lowest BCUT2D eigenvalue weighted by atomic mass is 9.93. The van der Waals surface area contributed by atoms with Crippen LogP contribution in [0.1, 0.15) is 48.7 Å². The molecule has 1 aliphatic heterocycles. The third-order valence-corrected chi connectivity index (χ3v) is 7.31. The number of anilines is 1. The molecule has 5 rings (SSSR count). The second kappa shape index (κ2) is 6.73. The second-order valence-corrected chi connectivity index (χ2v) is 9.40. The average molecular weight is 408 g/mol. The molecule has 1 aromatic carbocycles. The molecule has 1 aliphatic carbocycles. The van der Waals surface area contributed by atoms with Crippen molar-refractivity contribution in [2.45, 2.75) is 57.7 Å². The van der Waals surface area contributed by atoms with Gasteiger partial charge < -0.3 is 9.88 Å². The maximum Gasteiger partial charge on any atom is 0.275 e. The monoisotopic (exact) mass is 407 g/mol. The number of nitrogens with one attached hydrogen (secondary N) is 1. The zero-order chi connectivity index (χ0) is 20.2. The predicted octanol–water partition coefficient (Wildman–Crippen LogP) is 4.49. The lowest BCUT2D eigenvalue weighted by molar-refractivity contribution is -0.127. The van der Waals surface area contributed by atoms with Crippen molar-refractivity contribution in [2.75, 3.05) is 4.90 Å². The minimum atomic E-state index is -0.988. The Hall–Kier alpha value is -2.60. The summed E-state index contributed by atoms with van der Waals surface area (Å²) >= 11 is 1.62. The van der Waals surface area contributed by atoms with E-state index < -0.39 is 5.54 Å². The molecule has 6 heteroatoms. The summed E-state index contributed by atoms with van der Waals surface area (Å²) in [5, 5.41) is 6.33. The van der Waals surface area contributed by atoms with Gasteiger partial charge >= 0.3 is 0 Å². The van der Waals surface area contributed by atoms with Crippen molar-refractivity contribution in [3.8, 4) is 0 Å². The number of rotatable bonds is 3. The van der Waals surface area contributed by atoms with Crippen LogP contribution >= 0.6 is 11.3 Å². The number of thiophene rings is 1.